The number of carboxylic acid groups (broad SMARTS) is 1. The summed E-state index contributed by atoms with van der Waals surface area (Å²) in [4.78, 5) is 18.6. The summed E-state index contributed by atoms with van der Waals surface area (Å²) in [6, 6.07) is 7.72. The number of ether oxygens (including phenoxy) is 1. The van der Waals surface area contributed by atoms with Gasteiger partial charge in [0.2, 0.25) is 0 Å². The number of carboxylic acids is 1. The minimum absolute atomic E-state index is 0.0664. The fraction of sp³-hybridized carbons (Fsp3) is 0.154. The minimum atomic E-state index is -1.05. The molecule has 5 nitrogen and oxygen atoms in total. The standard InChI is InChI=1S/C13H11BrN2O3/c14-10-3-1-2-9(4-10)6-19-7-12-11(13(17)18)5-15-8-16-12/h1-5,8H,6-7H2,(H,17,18). The predicted molar refractivity (Wildman–Crippen MR) is 71.6 cm³/mol. The molecule has 0 saturated heterocycles. The molecule has 0 aliphatic rings. The number of aromatic nitrogens is 2. The lowest BCUT2D eigenvalue weighted by molar-refractivity contribution is 0.0681. The fourth-order valence-electron chi connectivity index (χ4n) is 1.54. The van der Waals surface area contributed by atoms with Crippen molar-refractivity contribution in [3.05, 3.63) is 58.1 Å². The number of carbonyl (C=O) groups is 1. The Morgan fingerprint density at radius 3 is 2.95 bits per heavy atom. The third kappa shape index (κ3) is 3.84. The summed E-state index contributed by atoms with van der Waals surface area (Å²) < 4.78 is 6.45. The second-order valence-electron chi connectivity index (χ2n) is 3.81. The first-order valence-electron chi connectivity index (χ1n) is 5.51. The first-order valence-corrected chi connectivity index (χ1v) is 6.30. The average Bonchev–Trinajstić information content (AvgIpc) is 2.39. The van der Waals surface area contributed by atoms with Gasteiger partial charge in [0.25, 0.3) is 0 Å². The van der Waals surface area contributed by atoms with Gasteiger partial charge in [-0.05, 0) is 17.7 Å². The summed E-state index contributed by atoms with van der Waals surface area (Å²) in [6.07, 6.45) is 2.58. The Kier molecular flexibility index (Phi) is 4.59. The van der Waals surface area contributed by atoms with Gasteiger partial charge >= 0.3 is 5.97 Å². The Morgan fingerprint density at radius 1 is 1.37 bits per heavy atom. The van der Waals surface area contributed by atoms with E-state index in [0.29, 0.717) is 12.3 Å². The van der Waals surface area contributed by atoms with Gasteiger partial charge in [0, 0.05) is 10.7 Å². The van der Waals surface area contributed by atoms with Crippen LogP contribution in [0.1, 0.15) is 21.6 Å². The fourth-order valence-corrected chi connectivity index (χ4v) is 1.99. The lowest BCUT2D eigenvalue weighted by Crippen LogP contribution is -2.07. The van der Waals surface area contributed by atoms with Gasteiger partial charge in [0.1, 0.15) is 11.9 Å². The average molecular weight is 323 g/mol. The van der Waals surface area contributed by atoms with Gasteiger partial charge in [0.05, 0.1) is 18.9 Å². The van der Waals surface area contributed by atoms with E-state index < -0.39 is 5.97 Å². The molecule has 0 fully saturated rings. The predicted octanol–water partition coefficient (Wildman–Crippen LogP) is 2.65. The normalized spacial score (nSPS) is 10.4. The number of rotatable bonds is 5. The first kappa shape index (κ1) is 13.6. The summed E-state index contributed by atoms with van der Waals surface area (Å²) in [5.41, 5.74) is 1.44. The number of hydrogen-bond donors (Lipinski definition) is 1. The van der Waals surface area contributed by atoms with Crippen LogP contribution in [0.3, 0.4) is 0 Å². The van der Waals surface area contributed by atoms with Crippen LogP contribution in [0.2, 0.25) is 0 Å². The zero-order chi connectivity index (χ0) is 13.7. The molecule has 1 aromatic carbocycles. The van der Waals surface area contributed by atoms with Crippen molar-refractivity contribution in [2.75, 3.05) is 0 Å². The molecular weight excluding hydrogens is 312 g/mol. The second kappa shape index (κ2) is 6.40. The van der Waals surface area contributed by atoms with Crippen molar-refractivity contribution >= 4 is 21.9 Å². The first-order chi connectivity index (χ1) is 9.16. The van der Waals surface area contributed by atoms with E-state index >= 15 is 0 Å². The molecule has 0 atom stereocenters. The van der Waals surface area contributed by atoms with Crippen LogP contribution in [0.5, 0.6) is 0 Å². The molecule has 1 N–H and O–H groups in total. The smallest absolute Gasteiger partial charge is 0.339 e. The van der Waals surface area contributed by atoms with Crippen molar-refractivity contribution in [2.45, 2.75) is 13.2 Å². The Hall–Kier alpha value is -1.79. The van der Waals surface area contributed by atoms with E-state index in [2.05, 4.69) is 25.9 Å². The lowest BCUT2D eigenvalue weighted by Gasteiger charge is -2.06. The Labute approximate surface area is 118 Å². The van der Waals surface area contributed by atoms with Crippen molar-refractivity contribution in [1.29, 1.82) is 0 Å². The number of nitrogens with zero attached hydrogens (tertiary/aromatic N) is 2. The molecule has 2 rings (SSSR count). The highest BCUT2D eigenvalue weighted by atomic mass is 79.9. The van der Waals surface area contributed by atoms with Crippen LogP contribution in [-0.4, -0.2) is 21.0 Å². The summed E-state index contributed by atoms with van der Waals surface area (Å²) in [5, 5.41) is 8.98. The van der Waals surface area contributed by atoms with Crippen molar-refractivity contribution < 1.29 is 14.6 Å². The summed E-state index contributed by atoms with van der Waals surface area (Å²) in [7, 11) is 0. The van der Waals surface area contributed by atoms with Crippen LogP contribution in [0, 0.1) is 0 Å². The van der Waals surface area contributed by atoms with Gasteiger partial charge in [-0.25, -0.2) is 14.8 Å². The van der Waals surface area contributed by atoms with Gasteiger partial charge < -0.3 is 9.84 Å². The maximum absolute atomic E-state index is 11.0. The van der Waals surface area contributed by atoms with E-state index in [-0.39, 0.29) is 12.2 Å². The van der Waals surface area contributed by atoms with Crippen LogP contribution < -0.4 is 0 Å². The van der Waals surface area contributed by atoms with E-state index in [1.54, 1.807) is 0 Å². The van der Waals surface area contributed by atoms with Crippen LogP contribution in [0.15, 0.2) is 41.3 Å². The highest BCUT2D eigenvalue weighted by molar-refractivity contribution is 9.10. The number of hydrogen-bond acceptors (Lipinski definition) is 4. The maximum atomic E-state index is 11.0. The molecule has 0 amide bonds. The van der Waals surface area contributed by atoms with Crippen LogP contribution in [0.25, 0.3) is 0 Å². The molecule has 0 spiro atoms. The van der Waals surface area contributed by atoms with E-state index in [1.165, 1.54) is 12.5 Å². The molecule has 2 aromatic rings. The highest BCUT2D eigenvalue weighted by Crippen LogP contribution is 2.13. The van der Waals surface area contributed by atoms with Crippen molar-refractivity contribution in [1.82, 2.24) is 9.97 Å². The largest absolute Gasteiger partial charge is 0.478 e. The van der Waals surface area contributed by atoms with E-state index in [0.717, 1.165) is 10.0 Å². The number of benzene rings is 1. The highest BCUT2D eigenvalue weighted by Gasteiger charge is 2.11. The molecule has 19 heavy (non-hydrogen) atoms. The quantitative estimate of drug-likeness (QED) is 0.916. The van der Waals surface area contributed by atoms with E-state index in [9.17, 15) is 4.79 Å². The molecule has 1 aromatic heterocycles. The van der Waals surface area contributed by atoms with Gasteiger partial charge in [-0.15, -0.1) is 0 Å². The molecule has 0 bridgehead atoms. The van der Waals surface area contributed by atoms with Gasteiger partial charge in [-0.2, -0.15) is 0 Å². The molecule has 1 heterocycles. The molecule has 98 valence electrons. The molecule has 0 unspecified atom stereocenters. The zero-order valence-electron chi connectivity index (χ0n) is 9.91. The van der Waals surface area contributed by atoms with Crippen LogP contribution >= 0.6 is 15.9 Å². The van der Waals surface area contributed by atoms with Gasteiger partial charge in [-0.1, -0.05) is 28.1 Å². The van der Waals surface area contributed by atoms with Crippen LogP contribution in [0.4, 0.5) is 0 Å². The molecule has 0 radical (unpaired) electrons. The van der Waals surface area contributed by atoms with Gasteiger partial charge in [-0.3, -0.25) is 0 Å². The van der Waals surface area contributed by atoms with Crippen molar-refractivity contribution in [3.8, 4) is 0 Å². The third-order valence-electron chi connectivity index (χ3n) is 2.42. The number of halogens is 1. The van der Waals surface area contributed by atoms with E-state index in [4.69, 9.17) is 9.84 Å². The maximum Gasteiger partial charge on any atom is 0.339 e. The van der Waals surface area contributed by atoms with Crippen LogP contribution in [-0.2, 0) is 18.0 Å². The number of aromatic carboxylic acids is 1. The second-order valence-corrected chi connectivity index (χ2v) is 4.73. The minimum Gasteiger partial charge on any atom is -0.478 e. The molecule has 0 aliphatic heterocycles. The topological polar surface area (TPSA) is 72.3 Å². The summed E-state index contributed by atoms with van der Waals surface area (Å²) in [6.45, 7) is 0.527. The van der Waals surface area contributed by atoms with Gasteiger partial charge in [0.15, 0.2) is 0 Å². The van der Waals surface area contributed by atoms with E-state index in [1.807, 2.05) is 24.3 Å². The van der Waals surface area contributed by atoms with Crippen molar-refractivity contribution in [3.63, 3.8) is 0 Å². The lowest BCUT2D eigenvalue weighted by atomic mass is 10.2. The monoisotopic (exact) mass is 322 g/mol. The molecule has 0 aliphatic carbocycles. The Morgan fingerprint density at radius 2 is 2.21 bits per heavy atom. The summed E-state index contributed by atoms with van der Waals surface area (Å²) >= 11 is 3.38. The zero-order valence-corrected chi connectivity index (χ0v) is 11.5. The third-order valence-corrected chi connectivity index (χ3v) is 2.91. The SMILES string of the molecule is O=C(O)c1cncnc1COCc1cccc(Br)c1. The molecule has 0 saturated carbocycles. The summed E-state index contributed by atoms with van der Waals surface area (Å²) in [5.74, 6) is -1.05. The van der Waals surface area contributed by atoms with Crippen molar-refractivity contribution in [2.24, 2.45) is 0 Å². The Balaban J connectivity index is 1.98. The molecular formula is C13H11BrN2O3. The Bertz CT molecular complexity index is 590. The molecule has 6 heteroatoms.